The molecule has 2 saturated carbocycles. The van der Waals surface area contributed by atoms with E-state index >= 15 is 0 Å². The molecule has 0 radical (unpaired) electrons. The molecule has 2 fully saturated rings. The van der Waals surface area contributed by atoms with Gasteiger partial charge in [0.25, 0.3) is 0 Å². The van der Waals surface area contributed by atoms with Crippen molar-refractivity contribution < 1.29 is 15.0 Å². The van der Waals surface area contributed by atoms with E-state index in [1.807, 2.05) is 12.2 Å². The van der Waals surface area contributed by atoms with Crippen LogP contribution in [-0.4, -0.2) is 38.8 Å². The van der Waals surface area contributed by atoms with E-state index in [0.717, 1.165) is 18.6 Å². The molecule has 5 unspecified atom stereocenters. The van der Waals surface area contributed by atoms with E-state index in [1.54, 1.807) is 0 Å². The molecule has 148 valence electrons. The van der Waals surface area contributed by atoms with Crippen LogP contribution < -0.4 is 0 Å². The number of fused-ring (bicyclic) bond motifs is 1. The highest BCUT2D eigenvalue weighted by Gasteiger charge is 2.56. The molecule has 0 aromatic rings. The van der Waals surface area contributed by atoms with Crippen molar-refractivity contribution in [2.45, 2.75) is 82.0 Å². The summed E-state index contributed by atoms with van der Waals surface area (Å²) >= 11 is 3.79. The van der Waals surface area contributed by atoms with Gasteiger partial charge in [-0.25, -0.2) is 0 Å². The smallest absolute Gasteiger partial charge is 0.185 e. The van der Waals surface area contributed by atoms with E-state index in [2.05, 4.69) is 23.7 Å². The van der Waals surface area contributed by atoms with Gasteiger partial charge in [-0.2, -0.15) is 5.26 Å². The molecule has 0 amide bonds. The Morgan fingerprint density at radius 2 is 2.15 bits per heavy atom. The first-order valence-corrected chi connectivity index (χ1v) is 10.6. The second kappa shape index (κ2) is 8.89. The van der Waals surface area contributed by atoms with Crippen molar-refractivity contribution in [2.24, 2.45) is 22.7 Å². The molecule has 2 aliphatic carbocycles. The summed E-state index contributed by atoms with van der Waals surface area (Å²) in [6.07, 6.45) is 11.2. The summed E-state index contributed by atoms with van der Waals surface area (Å²) in [7, 11) is 0. The van der Waals surface area contributed by atoms with Gasteiger partial charge in [0.15, 0.2) is 10.7 Å². The first-order valence-electron chi connectivity index (χ1n) is 10.2. The molecule has 2 N–H and O–H groups in total. The van der Waals surface area contributed by atoms with Crippen molar-refractivity contribution in [2.75, 3.05) is 0 Å². The fraction of sp³-hybridized carbons (Fsp3) is 0.762. The Morgan fingerprint density at radius 1 is 1.41 bits per heavy atom. The lowest BCUT2D eigenvalue weighted by Crippen LogP contribution is -2.27. The number of aliphatic hydroxyl groups excluding tert-OH is 2. The van der Waals surface area contributed by atoms with Gasteiger partial charge in [0.05, 0.1) is 18.3 Å². The van der Waals surface area contributed by atoms with Crippen LogP contribution in [0.3, 0.4) is 0 Å². The minimum Gasteiger partial charge on any atom is -0.392 e. The predicted molar refractivity (Wildman–Crippen MR) is 108 cm³/mol. The number of nitriles is 1. The van der Waals surface area contributed by atoms with Gasteiger partial charge in [-0.05, 0) is 38.0 Å². The number of aliphatic hydroxyl groups is 2. The third-order valence-electron chi connectivity index (χ3n) is 6.57. The second-order valence-electron chi connectivity index (χ2n) is 8.39. The Bertz CT molecular complexity index is 650. The van der Waals surface area contributed by atoms with Gasteiger partial charge in [-0.3, -0.25) is 9.79 Å². The van der Waals surface area contributed by atoms with Crippen LogP contribution in [0, 0.1) is 29.1 Å². The molecule has 3 rings (SSSR count). The first kappa shape index (κ1) is 20.6. The lowest BCUT2D eigenvalue weighted by molar-refractivity contribution is -0.110. The van der Waals surface area contributed by atoms with Gasteiger partial charge < -0.3 is 10.2 Å². The lowest BCUT2D eigenvalue weighted by atomic mass is 9.81. The molecule has 0 bridgehead atoms. The second-order valence-corrected chi connectivity index (χ2v) is 8.89. The van der Waals surface area contributed by atoms with Crippen LogP contribution in [0.15, 0.2) is 17.1 Å². The summed E-state index contributed by atoms with van der Waals surface area (Å²) in [4.78, 5) is 15.7. The highest BCUT2D eigenvalue weighted by Crippen LogP contribution is 2.50. The van der Waals surface area contributed by atoms with Gasteiger partial charge in [-0.15, -0.1) is 12.6 Å². The summed E-state index contributed by atoms with van der Waals surface area (Å²) in [5, 5.41) is 30.7. The number of carbonyl (C=O) groups excluding carboxylic acids is 1. The highest BCUT2D eigenvalue weighted by atomic mass is 32.1. The molecule has 5 nitrogen and oxygen atoms in total. The Labute approximate surface area is 167 Å². The fourth-order valence-corrected chi connectivity index (χ4v) is 5.26. The number of hydrogen-bond acceptors (Lipinski definition) is 5. The van der Waals surface area contributed by atoms with Crippen LogP contribution in [0.1, 0.15) is 64.2 Å². The maximum atomic E-state index is 11.0. The Kier molecular flexibility index (Phi) is 6.78. The van der Waals surface area contributed by atoms with Crippen molar-refractivity contribution in [3.05, 3.63) is 12.2 Å². The molecule has 27 heavy (non-hydrogen) atoms. The van der Waals surface area contributed by atoms with Crippen LogP contribution in [0.5, 0.6) is 0 Å². The van der Waals surface area contributed by atoms with Crippen LogP contribution in [0.4, 0.5) is 0 Å². The normalized spacial score (nSPS) is 35.0. The van der Waals surface area contributed by atoms with E-state index in [-0.39, 0.29) is 17.0 Å². The fourth-order valence-electron chi connectivity index (χ4n) is 5.10. The zero-order valence-corrected chi connectivity index (χ0v) is 16.7. The number of rotatable bonds is 7. The molecule has 6 heteroatoms. The number of nitrogens with zero attached hydrogens (tertiary/aromatic N) is 2. The van der Waals surface area contributed by atoms with Crippen molar-refractivity contribution >= 4 is 23.5 Å². The van der Waals surface area contributed by atoms with Crippen LogP contribution in [-0.2, 0) is 4.79 Å². The standard InChI is InChI=1S/C21H30N2O3S/c22-13-21-12-19(25)16(9-10-18(24)14-5-2-1-3-6-14)17(21)11-15(23-21)7-4-8-20(26)27/h9-10,14,16-19,24-25H,1-8,11-12H2,(H,26,27)/b10-9+. The van der Waals surface area contributed by atoms with Crippen LogP contribution >= 0.6 is 12.6 Å². The monoisotopic (exact) mass is 390 g/mol. The topological polar surface area (TPSA) is 93.7 Å². The Balaban J connectivity index is 1.65. The van der Waals surface area contributed by atoms with E-state index in [0.29, 0.717) is 38.0 Å². The van der Waals surface area contributed by atoms with Gasteiger partial charge in [0, 0.05) is 30.4 Å². The van der Waals surface area contributed by atoms with Gasteiger partial charge in [-0.1, -0.05) is 31.4 Å². The van der Waals surface area contributed by atoms with E-state index < -0.39 is 17.7 Å². The zero-order chi connectivity index (χ0) is 19.4. The molecule has 1 aliphatic heterocycles. The molecular weight excluding hydrogens is 360 g/mol. The van der Waals surface area contributed by atoms with Crippen molar-refractivity contribution in [3.8, 4) is 6.07 Å². The van der Waals surface area contributed by atoms with E-state index in [1.165, 1.54) is 19.3 Å². The number of aliphatic imine (C=N–C) groups is 1. The maximum absolute atomic E-state index is 11.0. The van der Waals surface area contributed by atoms with Crippen molar-refractivity contribution in [3.63, 3.8) is 0 Å². The van der Waals surface area contributed by atoms with Crippen LogP contribution in [0.2, 0.25) is 0 Å². The van der Waals surface area contributed by atoms with E-state index in [4.69, 9.17) is 0 Å². The summed E-state index contributed by atoms with van der Waals surface area (Å²) in [6.45, 7) is 0. The number of carbonyl (C=O) groups is 1. The third-order valence-corrected chi connectivity index (χ3v) is 6.79. The summed E-state index contributed by atoms with van der Waals surface area (Å²) in [5.41, 5.74) is 0.110. The maximum Gasteiger partial charge on any atom is 0.185 e. The average molecular weight is 391 g/mol. The molecule has 0 aromatic heterocycles. The lowest BCUT2D eigenvalue weighted by Gasteiger charge is -2.25. The molecule has 0 saturated heterocycles. The van der Waals surface area contributed by atoms with Gasteiger partial charge in [0.2, 0.25) is 0 Å². The zero-order valence-electron chi connectivity index (χ0n) is 15.8. The summed E-state index contributed by atoms with van der Waals surface area (Å²) < 4.78 is 0. The van der Waals surface area contributed by atoms with Crippen LogP contribution in [0.25, 0.3) is 0 Å². The summed E-state index contributed by atoms with van der Waals surface area (Å²) in [5.74, 6) is 0.105. The quantitative estimate of drug-likeness (QED) is 0.460. The van der Waals surface area contributed by atoms with Gasteiger partial charge >= 0.3 is 0 Å². The average Bonchev–Trinajstić information content (AvgIpc) is 3.12. The van der Waals surface area contributed by atoms with Gasteiger partial charge in [0.1, 0.15) is 0 Å². The first-order chi connectivity index (χ1) is 12.9. The Hall–Kier alpha value is -1.16. The molecule has 0 spiro atoms. The minimum atomic E-state index is -0.857. The SMILES string of the molecule is N#CC12CC(O)C(/C=C/C(O)C3CCCCC3)C1CC(CCCC(=O)S)=N2. The number of thiol groups is 1. The molecular formula is C21H30N2O3S. The molecule has 3 aliphatic rings. The Morgan fingerprint density at radius 3 is 2.81 bits per heavy atom. The molecule has 5 atom stereocenters. The van der Waals surface area contributed by atoms with Crippen molar-refractivity contribution in [1.29, 1.82) is 5.26 Å². The van der Waals surface area contributed by atoms with E-state index in [9.17, 15) is 20.3 Å². The summed E-state index contributed by atoms with van der Waals surface area (Å²) in [6, 6.07) is 2.35. The number of hydrogen-bond donors (Lipinski definition) is 3. The third kappa shape index (κ3) is 4.64. The minimum absolute atomic E-state index is 0.0472. The molecule has 0 aromatic carbocycles. The highest BCUT2D eigenvalue weighted by molar-refractivity contribution is 7.96. The largest absolute Gasteiger partial charge is 0.392 e. The predicted octanol–water partition coefficient (Wildman–Crippen LogP) is 3.21. The molecule has 1 heterocycles. The van der Waals surface area contributed by atoms with Crippen molar-refractivity contribution in [1.82, 2.24) is 0 Å².